The third-order valence-electron chi connectivity index (χ3n) is 5.21. The van der Waals surface area contributed by atoms with Crippen LogP contribution in [0.2, 0.25) is 10.0 Å². The molecule has 1 atom stereocenters. The summed E-state index contributed by atoms with van der Waals surface area (Å²) in [5, 5.41) is 5.85. The van der Waals surface area contributed by atoms with E-state index in [9.17, 15) is 19.2 Å². The Morgan fingerprint density at radius 3 is 2.38 bits per heavy atom. The molecular weight excluding hydrogens is 455 g/mol. The lowest BCUT2D eigenvalue weighted by Gasteiger charge is -2.23. The number of hydrogen-bond donors (Lipinski definition) is 2. The molecule has 3 rings (SSSR count). The van der Waals surface area contributed by atoms with Crippen molar-refractivity contribution in [3.05, 3.63) is 63.6 Å². The SMILES string of the molecule is Cc1ccc(NC(=O)CN(C)C(=O)CN2C(=O)NC(C)(c3ccc(Cl)c(Cl)c3)C2=O)cc1. The highest BCUT2D eigenvalue weighted by molar-refractivity contribution is 6.42. The molecule has 10 heteroatoms. The minimum atomic E-state index is -1.40. The minimum Gasteiger partial charge on any atom is -0.335 e. The van der Waals surface area contributed by atoms with Gasteiger partial charge in [0.15, 0.2) is 0 Å². The van der Waals surface area contributed by atoms with Gasteiger partial charge in [-0.1, -0.05) is 47.0 Å². The van der Waals surface area contributed by atoms with Crippen LogP contribution in [0, 0.1) is 6.92 Å². The molecule has 8 nitrogen and oxygen atoms in total. The average molecular weight is 477 g/mol. The van der Waals surface area contributed by atoms with Gasteiger partial charge in [0.25, 0.3) is 5.91 Å². The Bertz CT molecular complexity index is 1090. The van der Waals surface area contributed by atoms with Crippen molar-refractivity contribution in [3.8, 4) is 0 Å². The monoisotopic (exact) mass is 476 g/mol. The number of likely N-dealkylation sites (N-methyl/N-ethyl adjacent to an activating group) is 1. The third-order valence-corrected chi connectivity index (χ3v) is 5.95. The number of hydrogen-bond acceptors (Lipinski definition) is 4. The summed E-state index contributed by atoms with van der Waals surface area (Å²) in [7, 11) is 1.42. The molecule has 2 aromatic rings. The zero-order valence-electron chi connectivity index (χ0n) is 17.7. The molecule has 2 aromatic carbocycles. The number of halogens is 2. The maximum atomic E-state index is 13.0. The maximum Gasteiger partial charge on any atom is 0.325 e. The van der Waals surface area contributed by atoms with E-state index in [0.29, 0.717) is 16.3 Å². The average Bonchev–Trinajstić information content (AvgIpc) is 2.95. The van der Waals surface area contributed by atoms with Gasteiger partial charge in [0.1, 0.15) is 12.1 Å². The number of imide groups is 1. The number of urea groups is 1. The molecule has 168 valence electrons. The van der Waals surface area contributed by atoms with E-state index >= 15 is 0 Å². The van der Waals surface area contributed by atoms with Gasteiger partial charge in [-0.05, 0) is 43.7 Å². The number of anilines is 1. The summed E-state index contributed by atoms with van der Waals surface area (Å²) in [4.78, 5) is 52.3. The van der Waals surface area contributed by atoms with Gasteiger partial charge in [-0.25, -0.2) is 4.79 Å². The molecule has 0 radical (unpaired) electrons. The molecule has 1 aliphatic heterocycles. The lowest BCUT2D eigenvalue weighted by atomic mass is 9.92. The third kappa shape index (κ3) is 4.87. The zero-order chi connectivity index (χ0) is 23.6. The molecular formula is C22H22Cl2N4O4. The van der Waals surface area contributed by atoms with Crippen LogP contribution in [0.4, 0.5) is 10.5 Å². The van der Waals surface area contributed by atoms with Crippen LogP contribution >= 0.6 is 23.2 Å². The molecule has 2 N–H and O–H groups in total. The predicted octanol–water partition coefficient (Wildman–Crippen LogP) is 3.17. The molecule has 1 heterocycles. The Morgan fingerprint density at radius 2 is 1.75 bits per heavy atom. The van der Waals surface area contributed by atoms with E-state index in [4.69, 9.17) is 23.2 Å². The Balaban J connectivity index is 1.64. The van der Waals surface area contributed by atoms with Gasteiger partial charge in [0.05, 0.1) is 16.6 Å². The summed E-state index contributed by atoms with van der Waals surface area (Å²) in [6.45, 7) is 2.71. The predicted molar refractivity (Wildman–Crippen MR) is 122 cm³/mol. The number of amides is 5. The fraction of sp³-hybridized carbons (Fsp3) is 0.273. The first-order valence-corrected chi connectivity index (χ1v) is 10.5. The number of rotatable bonds is 6. The number of carbonyl (C=O) groups is 4. The highest BCUT2D eigenvalue weighted by atomic mass is 35.5. The Kier molecular flexibility index (Phi) is 6.76. The van der Waals surface area contributed by atoms with Gasteiger partial charge in [-0.15, -0.1) is 0 Å². The molecule has 0 aromatic heterocycles. The highest BCUT2D eigenvalue weighted by Crippen LogP contribution is 2.33. The summed E-state index contributed by atoms with van der Waals surface area (Å²) in [5.74, 6) is -1.57. The Hall–Kier alpha value is -3.10. The quantitative estimate of drug-likeness (QED) is 0.625. The second-order valence-electron chi connectivity index (χ2n) is 7.74. The molecule has 1 unspecified atom stereocenters. The maximum absolute atomic E-state index is 13.0. The van der Waals surface area contributed by atoms with Gasteiger partial charge in [-0.3, -0.25) is 19.3 Å². The van der Waals surface area contributed by atoms with Crippen LogP contribution in [-0.2, 0) is 19.9 Å². The van der Waals surface area contributed by atoms with Crippen LogP contribution in [0.15, 0.2) is 42.5 Å². The van der Waals surface area contributed by atoms with Gasteiger partial charge >= 0.3 is 6.03 Å². The van der Waals surface area contributed by atoms with E-state index in [1.165, 1.54) is 26.1 Å². The summed E-state index contributed by atoms with van der Waals surface area (Å²) in [5.41, 5.74) is 0.697. The van der Waals surface area contributed by atoms with Crippen LogP contribution in [0.5, 0.6) is 0 Å². The topological polar surface area (TPSA) is 98.8 Å². The van der Waals surface area contributed by atoms with Gasteiger partial charge < -0.3 is 15.5 Å². The van der Waals surface area contributed by atoms with Crippen LogP contribution in [0.25, 0.3) is 0 Å². The van der Waals surface area contributed by atoms with Crippen molar-refractivity contribution in [2.24, 2.45) is 0 Å². The first-order valence-electron chi connectivity index (χ1n) is 9.71. The molecule has 0 saturated carbocycles. The fourth-order valence-corrected chi connectivity index (χ4v) is 3.54. The highest BCUT2D eigenvalue weighted by Gasteiger charge is 2.49. The summed E-state index contributed by atoms with van der Waals surface area (Å²) in [6.07, 6.45) is 0. The Morgan fingerprint density at radius 1 is 1.09 bits per heavy atom. The normalized spacial score (nSPS) is 17.8. The number of benzene rings is 2. The smallest absolute Gasteiger partial charge is 0.325 e. The molecule has 1 saturated heterocycles. The van der Waals surface area contributed by atoms with Crippen molar-refractivity contribution in [3.63, 3.8) is 0 Å². The molecule has 1 fully saturated rings. The van der Waals surface area contributed by atoms with Crippen molar-refractivity contribution < 1.29 is 19.2 Å². The molecule has 1 aliphatic rings. The lowest BCUT2D eigenvalue weighted by molar-refractivity contribution is -0.139. The Labute approximate surface area is 195 Å². The van der Waals surface area contributed by atoms with Crippen molar-refractivity contribution in [1.82, 2.24) is 15.1 Å². The van der Waals surface area contributed by atoms with Gasteiger partial charge in [0, 0.05) is 12.7 Å². The van der Waals surface area contributed by atoms with Crippen molar-refractivity contribution in [1.29, 1.82) is 0 Å². The van der Waals surface area contributed by atoms with E-state index in [1.54, 1.807) is 18.2 Å². The summed E-state index contributed by atoms with van der Waals surface area (Å²) >= 11 is 12.0. The summed E-state index contributed by atoms with van der Waals surface area (Å²) in [6, 6.07) is 11.1. The number of nitrogens with zero attached hydrogens (tertiary/aromatic N) is 2. The van der Waals surface area contributed by atoms with E-state index < -0.39 is 35.8 Å². The van der Waals surface area contributed by atoms with Crippen LogP contribution in [-0.4, -0.2) is 53.7 Å². The molecule has 0 spiro atoms. The van der Waals surface area contributed by atoms with Gasteiger partial charge in [0.2, 0.25) is 11.8 Å². The van der Waals surface area contributed by atoms with E-state index in [-0.39, 0.29) is 11.6 Å². The molecule has 32 heavy (non-hydrogen) atoms. The molecule has 5 amide bonds. The molecule has 0 aliphatic carbocycles. The van der Waals surface area contributed by atoms with Crippen molar-refractivity contribution in [2.45, 2.75) is 19.4 Å². The van der Waals surface area contributed by atoms with Crippen LogP contribution in [0.3, 0.4) is 0 Å². The fourth-order valence-electron chi connectivity index (χ4n) is 3.24. The van der Waals surface area contributed by atoms with Gasteiger partial charge in [-0.2, -0.15) is 0 Å². The number of nitrogens with one attached hydrogen (secondary N) is 2. The standard InChI is InChI=1S/C22H22Cl2N4O4/c1-13-4-7-15(8-5-13)25-18(29)11-27(3)19(30)12-28-20(31)22(2,26-21(28)32)14-6-9-16(23)17(24)10-14/h4-10H,11-12H2,1-3H3,(H,25,29)(H,26,32). The second kappa shape index (κ2) is 9.18. The first-order chi connectivity index (χ1) is 15.0. The van der Waals surface area contributed by atoms with Crippen molar-refractivity contribution >= 4 is 52.6 Å². The van der Waals surface area contributed by atoms with E-state index in [0.717, 1.165) is 15.4 Å². The van der Waals surface area contributed by atoms with E-state index in [1.807, 2.05) is 19.1 Å². The van der Waals surface area contributed by atoms with Crippen molar-refractivity contribution in [2.75, 3.05) is 25.5 Å². The second-order valence-corrected chi connectivity index (χ2v) is 8.55. The summed E-state index contributed by atoms with van der Waals surface area (Å²) < 4.78 is 0. The lowest BCUT2D eigenvalue weighted by Crippen LogP contribution is -2.45. The largest absolute Gasteiger partial charge is 0.335 e. The number of carbonyl (C=O) groups excluding carboxylic acids is 4. The number of aryl methyl sites for hydroxylation is 1. The minimum absolute atomic E-state index is 0.236. The van der Waals surface area contributed by atoms with Crippen LogP contribution in [0.1, 0.15) is 18.1 Å². The van der Waals surface area contributed by atoms with Crippen LogP contribution < -0.4 is 10.6 Å². The molecule has 0 bridgehead atoms. The first kappa shape index (κ1) is 23.6. The van der Waals surface area contributed by atoms with E-state index in [2.05, 4.69) is 10.6 Å². The zero-order valence-corrected chi connectivity index (χ0v) is 19.3.